The van der Waals surface area contributed by atoms with E-state index >= 15 is 0 Å². The number of pyridine rings is 1. The molecule has 1 amide bonds. The minimum absolute atomic E-state index is 0.123. The highest BCUT2D eigenvalue weighted by Crippen LogP contribution is 2.30. The van der Waals surface area contributed by atoms with Crippen LogP contribution >= 0.6 is 0 Å². The Morgan fingerprint density at radius 3 is 2.68 bits per heavy atom. The summed E-state index contributed by atoms with van der Waals surface area (Å²) < 4.78 is 12.7. The normalized spacial score (nSPS) is 14.7. The first-order valence-electron chi connectivity index (χ1n) is 12.5. The van der Waals surface area contributed by atoms with E-state index in [1.54, 1.807) is 38.6 Å². The average molecular weight is 507 g/mol. The zero-order chi connectivity index (χ0) is 26.5. The lowest BCUT2D eigenvalue weighted by molar-refractivity contribution is 0.0916. The molecule has 0 atom stereocenters. The van der Waals surface area contributed by atoms with E-state index < -0.39 is 0 Å². The molecule has 0 radical (unpaired) electrons. The van der Waals surface area contributed by atoms with Crippen molar-refractivity contribution in [2.45, 2.75) is 32.7 Å². The van der Waals surface area contributed by atoms with Crippen LogP contribution in [0.2, 0.25) is 0 Å². The number of methoxy groups -OCH3 is 1. The number of carbonyl (C=O) groups is 1. The number of aromatic nitrogens is 3. The fraction of sp³-hybridized carbons (Fsp3) is 0.407. The van der Waals surface area contributed by atoms with Crippen molar-refractivity contribution < 1.29 is 14.3 Å². The van der Waals surface area contributed by atoms with Crippen molar-refractivity contribution in [1.82, 2.24) is 24.8 Å². The summed E-state index contributed by atoms with van der Waals surface area (Å²) in [6.07, 6.45) is 7.12. The number of likely N-dealkylation sites (tertiary alicyclic amines) is 1. The maximum atomic E-state index is 12.9. The summed E-state index contributed by atoms with van der Waals surface area (Å²) in [5.41, 5.74) is 2.64. The Hall–Kier alpha value is -3.92. The number of anilines is 2. The van der Waals surface area contributed by atoms with Crippen molar-refractivity contribution in [2.24, 2.45) is 7.05 Å². The van der Waals surface area contributed by atoms with Crippen LogP contribution in [0.25, 0.3) is 17.1 Å². The lowest BCUT2D eigenvalue weighted by Gasteiger charge is -2.29. The van der Waals surface area contributed by atoms with Gasteiger partial charge in [0.25, 0.3) is 11.5 Å². The second kappa shape index (κ2) is 11.4. The number of benzene rings is 1. The number of hydrogen-bond donors (Lipinski definition) is 2. The third-order valence-electron chi connectivity index (χ3n) is 6.52. The summed E-state index contributed by atoms with van der Waals surface area (Å²) in [5, 5.41) is 6.31. The number of hydrogen-bond acceptors (Lipinski definition) is 8. The van der Waals surface area contributed by atoms with E-state index in [1.165, 1.54) is 4.57 Å². The molecule has 0 aliphatic carbocycles. The van der Waals surface area contributed by atoms with Gasteiger partial charge in [0.15, 0.2) is 5.75 Å². The second-order valence-corrected chi connectivity index (χ2v) is 9.06. The highest BCUT2D eigenvalue weighted by molar-refractivity contribution is 5.95. The quantitative estimate of drug-likeness (QED) is 0.479. The predicted molar refractivity (Wildman–Crippen MR) is 145 cm³/mol. The Bertz CT molecular complexity index is 1380. The number of aryl methyl sites for hydroxylation is 1. The smallest absolute Gasteiger partial charge is 0.293 e. The van der Waals surface area contributed by atoms with Crippen molar-refractivity contribution in [2.75, 3.05) is 39.2 Å². The molecule has 3 aromatic rings. The van der Waals surface area contributed by atoms with E-state index in [-0.39, 0.29) is 23.3 Å². The Kier molecular flexibility index (Phi) is 8.08. The predicted octanol–water partition coefficient (Wildman–Crippen LogP) is 3.34. The van der Waals surface area contributed by atoms with Crippen molar-refractivity contribution in [3.05, 3.63) is 52.0 Å². The number of carbonyl (C=O) groups excluding carboxylic acids is 1. The first-order chi connectivity index (χ1) is 17.9. The number of allylic oxidation sites excluding steroid dienone is 1. The monoisotopic (exact) mass is 506 g/mol. The van der Waals surface area contributed by atoms with Gasteiger partial charge in [0.05, 0.1) is 36.7 Å². The van der Waals surface area contributed by atoms with Gasteiger partial charge in [-0.25, -0.2) is 9.97 Å². The van der Waals surface area contributed by atoms with Crippen LogP contribution in [0.4, 0.5) is 11.6 Å². The van der Waals surface area contributed by atoms with Gasteiger partial charge in [-0.2, -0.15) is 0 Å². The van der Waals surface area contributed by atoms with Gasteiger partial charge in [0, 0.05) is 18.7 Å². The van der Waals surface area contributed by atoms with Crippen molar-refractivity contribution in [3.63, 3.8) is 0 Å². The second-order valence-electron chi connectivity index (χ2n) is 9.06. The zero-order valence-electron chi connectivity index (χ0n) is 22.0. The van der Waals surface area contributed by atoms with Gasteiger partial charge >= 0.3 is 0 Å². The average Bonchev–Trinajstić information content (AvgIpc) is 2.90. The maximum absolute atomic E-state index is 12.9. The van der Waals surface area contributed by atoms with Gasteiger partial charge < -0.3 is 29.6 Å². The molecule has 1 aliphatic heterocycles. The molecule has 2 aromatic heterocycles. The van der Waals surface area contributed by atoms with Crippen LogP contribution in [-0.4, -0.2) is 65.2 Å². The first-order valence-corrected chi connectivity index (χ1v) is 12.5. The molecule has 0 bridgehead atoms. The third kappa shape index (κ3) is 5.59. The van der Waals surface area contributed by atoms with Gasteiger partial charge in [-0.05, 0) is 65.0 Å². The molecule has 0 unspecified atom stereocenters. The van der Waals surface area contributed by atoms with E-state index in [9.17, 15) is 9.59 Å². The number of amides is 1. The molecule has 3 heterocycles. The molecule has 1 fully saturated rings. The lowest BCUT2D eigenvalue weighted by atomic mass is 10.0. The summed E-state index contributed by atoms with van der Waals surface area (Å²) in [6.45, 7) is 6.00. The Balaban J connectivity index is 1.63. The van der Waals surface area contributed by atoms with Crippen LogP contribution in [-0.2, 0) is 7.05 Å². The highest BCUT2D eigenvalue weighted by atomic mass is 16.5. The number of nitrogens with zero attached hydrogens (tertiary/aromatic N) is 4. The molecule has 1 aromatic carbocycles. The Morgan fingerprint density at radius 1 is 1.24 bits per heavy atom. The van der Waals surface area contributed by atoms with Crippen molar-refractivity contribution in [3.8, 4) is 11.5 Å². The highest BCUT2D eigenvalue weighted by Gasteiger charge is 2.21. The minimum atomic E-state index is -0.248. The molecule has 4 rings (SSSR count). The van der Waals surface area contributed by atoms with Crippen molar-refractivity contribution in [1.29, 1.82) is 0 Å². The first kappa shape index (κ1) is 26.2. The Labute approximate surface area is 216 Å². The molecule has 0 spiro atoms. The summed E-state index contributed by atoms with van der Waals surface area (Å²) >= 11 is 0. The largest absolute Gasteiger partial charge is 0.495 e. The standard InChI is InChI=1S/C27H34N6O4/c1-6-8-19-23-21(33(4)26(35)24(19)37-7-2)16-28-27(31-23)30-20-10-9-17(15-22(20)36-5)25(34)29-18-11-13-32(3)14-12-18/h6,8-10,15-16,18H,7,11-14H2,1-5H3,(H,29,34)(H,28,30,31)/b8-6+. The van der Waals surface area contributed by atoms with Gasteiger partial charge in [-0.15, -0.1) is 0 Å². The summed E-state index contributed by atoms with van der Waals surface area (Å²) in [4.78, 5) is 37.1. The van der Waals surface area contributed by atoms with E-state index in [0.717, 1.165) is 25.9 Å². The van der Waals surface area contributed by atoms with Gasteiger partial charge in [-0.3, -0.25) is 9.59 Å². The molecular weight excluding hydrogens is 472 g/mol. The van der Waals surface area contributed by atoms with Crippen LogP contribution in [0.5, 0.6) is 11.5 Å². The summed E-state index contributed by atoms with van der Waals surface area (Å²) in [5.74, 6) is 0.935. The summed E-state index contributed by atoms with van der Waals surface area (Å²) in [7, 11) is 5.31. The fourth-order valence-corrected chi connectivity index (χ4v) is 4.45. The number of piperidine rings is 1. The van der Waals surface area contributed by atoms with Crippen molar-refractivity contribution >= 4 is 34.7 Å². The maximum Gasteiger partial charge on any atom is 0.293 e. The van der Waals surface area contributed by atoms with E-state index in [2.05, 4.69) is 27.6 Å². The van der Waals surface area contributed by atoms with Crippen LogP contribution < -0.4 is 25.7 Å². The summed E-state index contributed by atoms with van der Waals surface area (Å²) in [6, 6.07) is 5.39. The molecule has 0 saturated carbocycles. The SMILES string of the molecule is C/C=C/c1c(OCC)c(=O)n(C)c2cnc(Nc3ccc(C(=O)NC4CCN(C)CC4)cc3OC)nc12. The van der Waals surface area contributed by atoms with Crippen LogP contribution in [0, 0.1) is 0 Å². The van der Waals surface area contributed by atoms with Gasteiger partial charge in [0.2, 0.25) is 5.95 Å². The number of rotatable bonds is 8. The fourth-order valence-electron chi connectivity index (χ4n) is 4.45. The molecular formula is C27H34N6O4. The molecule has 1 aliphatic rings. The third-order valence-corrected chi connectivity index (χ3v) is 6.52. The van der Waals surface area contributed by atoms with Crippen LogP contribution in [0.15, 0.2) is 35.3 Å². The molecule has 196 valence electrons. The van der Waals surface area contributed by atoms with E-state index in [1.807, 2.05) is 26.0 Å². The van der Waals surface area contributed by atoms with Gasteiger partial charge in [-0.1, -0.05) is 12.2 Å². The van der Waals surface area contributed by atoms with Crippen LogP contribution in [0.1, 0.15) is 42.6 Å². The molecule has 10 heteroatoms. The van der Waals surface area contributed by atoms with E-state index in [4.69, 9.17) is 14.5 Å². The number of fused-ring (bicyclic) bond motifs is 1. The number of nitrogens with one attached hydrogen (secondary N) is 2. The minimum Gasteiger partial charge on any atom is -0.495 e. The molecule has 10 nitrogen and oxygen atoms in total. The lowest BCUT2D eigenvalue weighted by Crippen LogP contribution is -2.43. The Morgan fingerprint density at radius 2 is 2.00 bits per heavy atom. The molecule has 2 N–H and O–H groups in total. The topological polar surface area (TPSA) is 111 Å². The van der Waals surface area contributed by atoms with E-state index in [0.29, 0.717) is 46.2 Å². The van der Waals surface area contributed by atoms with Gasteiger partial charge in [0.1, 0.15) is 11.3 Å². The molecule has 1 saturated heterocycles. The number of ether oxygens (including phenoxy) is 2. The molecule has 37 heavy (non-hydrogen) atoms. The van der Waals surface area contributed by atoms with Crippen LogP contribution in [0.3, 0.4) is 0 Å². The zero-order valence-corrected chi connectivity index (χ0v) is 22.0.